The third-order valence-electron chi connectivity index (χ3n) is 2.86. The first kappa shape index (κ1) is 14.0. The summed E-state index contributed by atoms with van der Waals surface area (Å²) in [5.74, 6) is -0.0322. The first-order valence-electron chi connectivity index (χ1n) is 5.85. The van der Waals surface area contributed by atoms with Crippen LogP contribution in [0, 0.1) is 5.82 Å². The maximum Gasteiger partial charge on any atom is 0.187 e. The topological polar surface area (TPSA) is 69.6 Å². The lowest BCUT2D eigenvalue weighted by Crippen LogP contribution is -2.01. The van der Waals surface area contributed by atoms with Crippen molar-refractivity contribution in [2.24, 2.45) is 0 Å². The Morgan fingerprint density at radius 3 is 2.71 bits per heavy atom. The molecule has 1 heterocycles. The molecule has 0 aliphatic heterocycles. The third-order valence-corrected chi connectivity index (χ3v) is 3.73. The standard InChI is InChI=1S/C13H8BrClFN5/c14-9-6-8(15)2-4-12(9)21-13(18-19-20-21)7-1-3-10(16)11(17)5-7/h1-6H,17H2. The van der Waals surface area contributed by atoms with Crippen molar-refractivity contribution in [3.8, 4) is 17.1 Å². The van der Waals surface area contributed by atoms with Crippen LogP contribution in [0.1, 0.15) is 0 Å². The zero-order valence-electron chi connectivity index (χ0n) is 10.5. The molecule has 106 valence electrons. The highest BCUT2D eigenvalue weighted by atomic mass is 79.9. The van der Waals surface area contributed by atoms with Crippen LogP contribution in [0.3, 0.4) is 0 Å². The second-order valence-electron chi connectivity index (χ2n) is 4.25. The van der Waals surface area contributed by atoms with Crippen LogP contribution >= 0.6 is 27.5 Å². The molecule has 21 heavy (non-hydrogen) atoms. The van der Waals surface area contributed by atoms with Crippen molar-refractivity contribution in [1.82, 2.24) is 20.2 Å². The van der Waals surface area contributed by atoms with E-state index in [9.17, 15) is 4.39 Å². The van der Waals surface area contributed by atoms with Crippen LogP contribution in [0.4, 0.5) is 10.1 Å². The highest BCUT2D eigenvalue weighted by Gasteiger charge is 2.14. The molecule has 0 aliphatic carbocycles. The molecule has 3 rings (SSSR count). The molecule has 0 unspecified atom stereocenters. The van der Waals surface area contributed by atoms with E-state index in [2.05, 4.69) is 31.5 Å². The predicted octanol–water partition coefficient (Wildman–Crippen LogP) is 3.47. The summed E-state index contributed by atoms with van der Waals surface area (Å²) >= 11 is 9.34. The summed E-state index contributed by atoms with van der Waals surface area (Å²) < 4.78 is 15.5. The summed E-state index contributed by atoms with van der Waals surface area (Å²) in [6, 6.07) is 9.58. The molecule has 0 bridgehead atoms. The monoisotopic (exact) mass is 367 g/mol. The van der Waals surface area contributed by atoms with Crippen molar-refractivity contribution < 1.29 is 4.39 Å². The Hall–Kier alpha value is -1.99. The van der Waals surface area contributed by atoms with E-state index in [1.807, 2.05) is 0 Å². The van der Waals surface area contributed by atoms with E-state index >= 15 is 0 Å². The molecule has 5 nitrogen and oxygen atoms in total. The van der Waals surface area contributed by atoms with Crippen LogP contribution in [0.5, 0.6) is 0 Å². The first-order valence-corrected chi connectivity index (χ1v) is 7.02. The number of nitrogens with zero attached hydrogens (tertiary/aromatic N) is 4. The molecular formula is C13H8BrClFN5. The molecule has 2 aromatic carbocycles. The van der Waals surface area contributed by atoms with Crippen LogP contribution in [0.25, 0.3) is 17.1 Å². The lowest BCUT2D eigenvalue weighted by atomic mass is 10.2. The molecule has 0 aliphatic rings. The van der Waals surface area contributed by atoms with Gasteiger partial charge in [-0.15, -0.1) is 5.10 Å². The summed E-state index contributed by atoms with van der Waals surface area (Å²) in [6.45, 7) is 0. The van der Waals surface area contributed by atoms with Crippen LogP contribution in [-0.2, 0) is 0 Å². The van der Waals surface area contributed by atoms with Gasteiger partial charge in [0.1, 0.15) is 5.82 Å². The van der Waals surface area contributed by atoms with Gasteiger partial charge in [-0.3, -0.25) is 0 Å². The average molecular weight is 369 g/mol. The SMILES string of the molecule is Nc1cc(-c2nnnn2-c2ccc(Cl)cc2Br)ccc1F. The van der Waals surface area contributed by atoms with E-state index < -0.39 is 5.82 Å². The number of nitrogens with two attached hydrogens (primary N) is 1. The number of tetrazole rings is 1. The molecule has 0 amide bonds. The van der Waals surface area contributed by atoms with E-state index in [0.717, 1.165) is 4.47 Å². The Kier molecular flexibility index (Phi) is 3.60. The van der Waals surface area contributed by atoms with Gasteiger partial charge in [-0.2, -0.15) is 4.68 Å². The van der Waals surface area contributed by atoms with Crippen LogP contribution in [0.15, 0.2) is 40.9 Å². The van der Waals surface area contributed by atoms with Gasteiger partial charge in [0.05, 0.1) is 11.4 Å². The number of hydrogen-bond acceptors (Lipinski definition) is 4. The number of benzene rings is 2. The van der Waals surface area contributed by atoms with Crippen molar-refractivity contribution in [3.05, 3.63) is 51.7 Å². The molecule has 0 spiro atoms. The Bertz CT molecular complexity index is 820. The van der Waals surface area contributed by atoms with E-state index in [-0.39, 0.29) is 5.69 Å². The van der Waals surface area contributed by atoms with Gasteiger partial charge in [0.2, 0.25) is 0 Å². The molecule has 3 aromatic rings. The molecule has 0 atom stereocenters. The predicted molar refractivity (Wildman–Crippen MR) is 81.7 cm³/mol. The summed E-state index contributed by atoms with van der Waals surface area (Å²) in [5.41, 5.74) is 6.95. The van der Waals surface area contributed by atoms with E-state index in [0.29, 0.717) is 22.1 Å². The summed E-state index contributed by atoms with van der Waals surface area (Å²) in [4.78, 5) is 0. The number of hydrogen-bond donors (Lipinski definition) is 1. The molecule has 1 aromatic heterocycles. The van der Waals surface area contributed by atoms with E-state index in [1.54, 1.807) is 24.3 Å². The Morgan fingerprint density at radius 1 is 1.19 bits per heavy atom. The minimum atomic E-state index is -0.481. The first-order chi connectivity index (χ1) is 10.1. The van der Waals surface area contributed by atoms with Crippen LogP contribution in [-0.4, -0.2) is 20.2 Å². The summed E-state index contributed by atoms with van der Waals surface area (Å²) in [5, 5.41) is 12.2. The van der Waals surface area contributed by atoms with Crippen molar-refractivity contribution in [2.75, 3.05) is 5.73 Å². The van der Waals surface area contributed by atoms with Crippen molar-refractivity contribution in [2.45, 2.75) is 0 Å². The van der Waals surface area contributed by atoms with Gasteiger partial charge >= 0.3 is 0 Å². The number of rotatable bonds is 2. The third kappa shape index (κ3) is 2.62. The maximum atomic E-state index is 13.3. The minimum Gasteiger partial charge on any atom is -0.396 e. The van der Waals surface area contributed by atoms with Gasteiger partial charge in [0, 0.05) is 15.1 Å². The normalized spacial score (nSPS) is 10.8. The van der Waals surface area contributed by atoms with Crippen molar-refractivity contribution >= 4 is 33.2 Å². The molecule has 0 fully saturated rings. The number of halogens is 3. The number of aromatic nitrogens is 4. The molecular weight excluding hydrogens is 361 g/mol. The zero-order valence-corrected chi connectivity index (χ0v) is 12.8. The van der Waals surface area contributed by atoms with Crippen molar-refractivity contribution in [1.29, 1.82) is 0 Å². The van der Waals surface area contributed by atoms with Gasteiger partial charge in [0.25, 0.3) is 0 Å². The Labute approximate surface area is 132 Å². The molecule has 0 saturated heterocycles. The largest absolute Gasteiger partial charge is 0.396 e. The smallest absolute Gasteiger partial charge is 0.187 e. The zero-order chi connectivity index (χ0) is 15.0. The lowest BCUT2D eigenvalue weighted by Gasteiger charge is -2.08. The number of nitrogen functional groups attached to an aromatic ring is 1. The van der Waals surface area contributed by atoms with Gasteiger partial charge in [-0.05, 0) is 62.8 Å². The quantitative estimate of drug-likeness (QED) is 0.703. The molecule has 8 heteroatoms. The van der Waals surface area contributed by atoms with E-state index in [1.165, 1.54) is 16.8 Å². The fraction of sp³-hybridized carbons (Fsp3) is 0. The Balaban J connectivity index is 2.14. The second-order valence-corrected chi connectivity index (χ2v) is 5.54. The van der Waals surface area contributed by atoms with E-state index in [4.69, 9.17) is 17.3 Å². The van der Waals surface area contributed by atoms with Gasteiger partial charge in [-0.25, -0.2) is 4.39 Å². The van der Waals surface area contributed by atoms with Crippen LogP contribution < -0.4 is 5.73 Å². The van der Waals surface area contributed by atoms with Gasteiger partial charge in [-0.1, -0.05) is 11.6 Å². The van der Waals surface area contributed by atoms with Gasteiger partial charge in [0.15, 0.2) is 5.82 Å². The Morgan fingerprint density at radius 2 is 2.00 bits per heavy atom. The number of anilines is 1. The molecule has 2 N–H and O–H groups in total. The summed E-state index contributed by atoms with van der Waals surface area (Å²) in [6.07, 6.45) is 0. The molecule has 0 radical (unpaired) electrons. The van der Waals surface area contributed by atoms with Crippen molar-refractivity contribution in [3.63, 3.8) is 0 Å². The fourth-order valence-electron chi connectivity index (χ4n) is 1.87. The van der Waals surface area contributed by atoms with Gasteiger partial charge < -0.3 is 5.73 Å². The van der Waals surface area contributed by atoms with Crippen LogP contribution in [0.2, 0.25) is 5.02 Å². The lowest BCUT2D eigenvalue weighted by molar-refractivity contribution is 0.632. The maximum absolute atomic E-state index is 13.3. The fourth-order valence-corrected chi connectivity index (χ4v) is 2.72. The highest BCUT2D eigenvalue weighted by molar-refractivity contribution is 9.10. The summed E-state index contributed by atoms with van der Waals surface area (Å²) in [7, 11) is 0. The average Bonchev–Trinajstić information content (AvgIpc) is 2.91. The highest BCUT2D eigenvalue weighted by Crippen LogP contribution is 2.28. The minimum absolute atomic E-state index is 0.0391. The molecule has 0 saturated carbocycles. The second kappa shape index (κ2) is 5.42.